The predicted octanol–water partition coefficient (Wildman–Crippen LogP) is 6.16. The third-order valence-electron chi connectivity index (χ3n) is 6.28. The maximum atomic E-state index is 10.9. The fraction of sp³-hybridized carbons (Fsp3) is 0.950. The molecule has 2 saturated carbocycles. The molecule has 0 heterocycles. The zero-order chi connectivity index (χ0) is 14.9. The van der Waals surface area contributed by atoms with Crippen LogP contribution in [0.15, 0.2) is 0 Å². The molecule has 0 aromatic rings. The van der Waals surface area contributed by atoms with Crippen LogP contribution in [0.3, 0.4) is 0 Å². The van der Waals surface area contributed by atoms with Gasteiger partial charge in [0, 0.05) is 5.92 Å². The van der Waals surface area contributed by atoms with E-state index in [1.807, 2.05) is 0 Å². The zero-order valence-electron chi connectivity index (χ0n) is 14.2. The lowest BCUT2D eigenvalue weighted by Gasteiger charge is -2.37. The Kier molecular flexibility index (Phi) is 7.82. The van der Waals surface area contributed by atoms with Crippen molar-refractivity contribution in [2.75, 3.05) is 0 Å². The molecule has 21 heavy (non-hydrogen) atoms. The number of aldehydes is 1. The Labute approximate surface area is 132 Å². The maximum absolute atomic E-state index is 10.9. The van der Waals surface area contributed by atoms with Gasteiger partial charge in [0.05, 0.1) is 0 Å². The van der Waals surface area contributed by atoms with Crippen molar-refractivity contribution in [3.8, 4) is 0 Å². The summed E-state index contributed by atoms with van der Waals surface area (Å²) in [7, 11) is 0. The fourth-order valence-corrected chi connectivity index (χ4v) is 4.74. The molecule has 0 N–H and O–H groups in total. The number of hydrogen-bond acceptors (Lipinski definition) is 1. The normalized spacial score (nSPS) is 33.8. The van der Waals surface area contributed by atoms with Gasteiger partial charge in [0.25, 0.3) is 0 Å². The van der Waals surface area contributed by atoms with E-state index in [-0.39, 0.29) is 0 Å². The molecule has 0 saturated heterocycles. The zero-order valence-corrected chi connectivity index (χ0v) is 14.2. The van der Waals surface area contributed by atoms with Crippen molar-refractivity contribution in [3.05, 3.63) is 0 Å². The van der Waals surface area contributed by atoms with Gasteiger partial charge in [0.1, 0.15) is 6.29 Å². The minimum absolute atomic E-state index is 0.390. The summed E-state index contributed by atoms with van der Waals surface area (Å²) < 4.78 is 0. The van der Waals surface area contributed by atoms with Crippen molar-refractivity contribution >= 4 is 6.29 Å². The quantitative estimate of drug-likeness (QED) is 0.387. The van der Waals surface area contributed by atoms with E-state index in [2.05, 4.69) is 6.92 Å². The van der Waals surface area contributed by atoms with Gasteiger partial charge in [-0.3, -0.25) is 0 Å². The average molecular weight is 293 g/mol. The first kappa shape index (κ1) is 17.0. The predicted molar refractivity (Wildman–Crippen MR) is 90.3 cm³/mol. The topological polar surface area (TPSA) is 17.1 Å². The van der Waals surface area contributed by atoms with E-state index < -0.39 is 0 Å². The second-order valence-corrected chi connectivity index (χ2v) is 7.79. The number of rotatable bonds is 8. The average Bonchev–Trinajstić information content (AvgIpc) is 2.55. The van der Waals surface area contributed by atoms with Gasteiger partial charge in [0.2, 0.25) is 0 Å². The summed E-state index contributed by atoms with van der Waals surface area (Å²) in [6.45, 7) is 2.30. The van der Waals surface area contributed by atoms with Crippen LogP contribution in [0.4, 0.5) is 0 Å². The first-order valence-corrected chi connectivity index (χ1v) is 9.78. The van der Waals surface area contributed by atoms with Crippen LogP contribution in [0.1, 0.15) is 96.8 Å². The summed E-state index contributed by atoms with van der Waals surface area (Å²) in [5, 5.41) is 0. The van der Waals surface area contributed by atoms with E-state index in [0.29, 0.717) is 5.92 Å². The second kappa shape index (κ2) is 9.64. The monoisotopic (exact) mass is 292 g/mol. The van der Waals surface area contributed by atoms with Crippen molar-refractivity contribution < 1.29 is 4.79 Å². The van der Waals surface area contributed by atoms with E-state index in [0.717, 1.165) is 17.8 Å². The molecule has 0 radical (unpaired) electrons. The summed E-state index contributed by atoms with van der Waals surface area (Å²) in [6.07, 6.45) is 20.8. The van der Waals surface area contributed by atoms with Gasteiger partial charge in [0.15, 0.2) is 0 Å². The molecule has 1 heteroatoms. The number of unbranched alkanes of at least 4 members (excludes halogenated alkanes) is 4. The van der Waals surface area contributed by atoms with Crippen LogP contribution >= 0.6 is 0 Å². The highest BCUT2D eigenvalue weighted by molar-refractivity contribution is 5.53. The fourth-order valence-electron chi connectivity index (χ4n) is 4.74. The summed E-state index contributed by atoms with van der Waals surface area (Å²) in [6, 6.07) is 0. The summed E-state index contributed by atoms with van der Waals surface area (Å²) >= 11 is 0. The molecule has 0 aliphatic heterocycles. The first-order chi connectivity index (χ1) is 10.3. The summed E-state index contributed by atoms with van der Waals surface area (Å²) in [5.74, 6) is 3.37. The minimum atomic E-state index is 0.390. The largest absolute Gasteiger partial charge is 0.303 e. The molecule has 0 aromatic carbocycles. The van der Waals surface area contributed by atoms with Crippen molar-refractivity contribution in [1.82, 2.24) is 0 Å². The Morgan fingerprint density at radius 1 is 0.762 bits per heavy atom. The highest BCUT2D eigenvalue weighted by Crippen LogP contribution is 2.41. The summed E-state index contributed by atoms with van der Waals surface area (Å²) in [5.41, 5.74) is 0. The van der Waals surface area contributed by atoms with Crippen molar-refractivity contribution in [3.63, 3.8) is 0 Å². The molecule has 2 aliphatic carbocycles. The third-order valence-corrected chi connectivity index (χ3v) is 6.28. The van der Waals surface area contributed by atoms with Crippen molar-refractivity contribution in [2.45, 2.75) is 96.8 Å². The molecular weight excluding hydrogens is 256 g/mol. The molecule has 0 unspecified atom stereocenters. The third kappa shape index (κ3) is 5.75. The molecule has 1 nitrogen and oxygen atoms in total. The Morgan fingerprint density at radius 2 is 1.33 bits per heavy atom. The standard InChI is InChI=1S/C20H36O/c1-2-3-4-5-6-7-17-8-12-19(13-9-17)20-14-10-18(16-21)11-15-20/h16-20H,2-15H2,1H3. The van der Waals surface area contributed by atoms with Crippen molar-refractivity contribution in [1.29, 1.82) is 0 Å². The number of hydrogen-bond donors (Lipinski definition) is 0. The summed E-state index contributed by atoms with van der Waals surface area (Å²) in [4.78, 5) is 10.9. The highest BCUT2D eigenvalue weighted by atomic mass is 16.1. The van der Waals surface area contributed by atoms with Gasteiger partial charge in [-0.1, -0.05) is 58.3 Å². The smallest absolute Gasteiger partial charge is 0.123 e. The number of carbonyl (C=O) groups is 1. The Bertz CT molecular complexity index is 270. The van der Waals surface area contributed by atoms with E-state index in [9.17, 15) is 4.79 Å². The Morgan fingerprint density at radius 3 is 1.90 bits per heavy atom. The Balaban J connectivity index is 1.57. The highest BCUT2D eigenvalue weighted by Gasteiger charge is 2.30. The molecule has 0 atom stereocenters. The van der Waals surface area contributed by atoms with Crippen LogP contribution < -0.4 is 0 Å². The van der Waals surface area contributed by atoms with Crippen LogP contribution in [-0.2, 0) is 4.79 Å². The van der Waals surface area contributed by atoms with Gasteiger partial charge in [-0.05, 0) is 56.3 Å². The van der Waals surface area contributed by atoms with Gasteiger partial charge < -0.3 is 4.79 Å². The SMILES string of the molecule is CCCCCCCC1CCC(C2CCC(C=O)CC2)CC1. The van der Waals surface area contributed by atoms with Crippen LogP contribution in [0.25, 0.3) is 0 Å². The van der Waals surface area contributed by atoms with Gasteiger partial charge in [-0.25, -0.2) is 0 Å². The lowest BCUT2D eigenvalue weighted by molar-refractivity contribution is -0.112. The molecule has 2 aliphatic rings. The van der Waals surface area contributed by atoms with Crippen LogP contribution in [-0.4, -0.2) is 6.29 Å². The van der Waals surface area contributed by atoms with Gasteiger partial charge in [-0.15, -0.1) is 0 Å². The molecule has 0 amide bonds. The van der Waals surface area contributed by atoms with E-state index >= 15 is 0 Å². The lowest BCUT2D eigenvalue weighted by atomic mass is 9.69. The van der Waals surface area contributed by atoms with Crippen LogP contribution in [0, 0.1) is 23.7 Å². The molecule has 0 bridgehead atoms. The molecule has 2 rings (SSSR count). The Hall–Kier alpha value is -0.330. The molecule has 2 fully saturated rings. The molecular formula is C20H36O. The van der Waals surface area contributed by atoms with Crippen LogP contribution in [0.5, 0.6) is 0 Å². The van der Waals surface area contributed by atoms with E-state index in [4.69, 9.17) is 0 Å². The molecule has 122 valence electrons. The number of carbonyl (C=O) groups excluding carboxylic acids is 1. The van der Waals surface area contributed by atoms with Gasteiger partial charge in [-0.2, -0.15) is 0 Å². The molecule has 0 aromatic heterocycles. The van der Waals surface area contributed by atoms with Gasteiger partial charge >= 0.3 is 0 Å². The lowest BCUT2D eigenvalue weighted by Crippen LogP contribution is -2.26. The van der Waals surface area contributed by atoms with E-state index in [1.54, 1.807) is 0 Å². The van der Waals surface area contributed by atoms with E-state index in [1.165, 1.54) is 96.2 Å². The maximum Gasteiger partial charge on any atom is 0.123 e. The van der Waals surface area contributed by atoms with Crippen molar-refractivity contribution in [2.24, 2.45) is 23.7 Å². The minimum Gasteiger partial charge on any atom is -0.303 e. The second-order valence-electron chi connectivity index (χ2n) is 7.79. The van der Waals surface area contributed by atoms with Crippen LogP contribution in [0.2, 0.25) is 0 Å². The first-order valence-electron chi connectivity index (χ1n) is 9.78. The molecule has 0 spiro atoms.